The van der Waals surface area contributed by atoms with Gasteiger partial charge in [0, 0.05) is 19.7 Å². The van der Waals surface area contributed by atoms with Crippen LogP contribution in [0.1, 0.15) is 123 Å². The van der Waals surface area contributed by atoms with E-state index in [4.69, 9.17) is 14.2 Å². The Morgan fingerprint density at radius 3 is 1.77 bits per heavy atom. The molecule has 11 nitrogen and oxygen atoms in total. The van der Waals surface area contributed by atoms with Crippen molar-refractivity contribution in [1.29, 1.82) is 0 Å². The summed E-state index contributed by atoms with van der Waals surface area (Å²) < 4.78 is 16.4. The fraction of sp³-hybridized carbons (Fsp3) is 0.970. The third-order valence-corrected chi connectivity index (χ3v) is 8.36. The first kappa shape index (κ1) is 41.1. The number of nitrogens with zero attached hydrogens (tertiary/aromatic N) is 1. The summed E-state index contributed by atoms with van der Waals surface area (Å²) in [6, 6.07) is 0. The van der Waals surface area contributed by atoms with Crippen LogP contribution in [0.5, 0.6) is 0 Å². The van der Waals surface area contributed by atoms with Gasteiger partial charge in [-0.2, -0.15) is 0 Å². The van der Waals surface area contributed by atoms with Gasteiger partial charge in [0.15, 0.2) is 6.29 Å². The van der Waals surface area contributed by atoms with Crippen LogP contribution >= 0.6 is 0 Å². The van der Waals surface area contributed by atoms with E-state index < -0.39 is 55.4 Å². The first-order valence-corrected chi connectivity index (χ1v) is 17.4. The van der Waals surface area contributed by atoms with Gasteiger partial charge in [-0.05, 0) is 12.8 Å². The second kappa shape index (κ2) is 26.2. The summed E-state index contributed by atoms with van der Waals surface area (Å²) in [5.41, 5.74) is 0. The number of hydrogen-bond donors (Lipinski definition) is 6. The van der Waals surface area contributed by atoms with Crippen LogP contribution in [0.15, 0.2) is 0 Å². The van der Waals surface area contributed by atoms with Gasteiger partial charge in [0.05, 0.1) is 25.9 Å². The first-order valence-electron chi connectivity index (χ1n) is 17.4. The van der Waals surface area contributed by atoms with Gasteiger partial charge in [0.25, 0.3) is 5.91 Å². The fourth-order valence-electron chi connectivity index (χ4n) is 5.44. The molecule has 7 atom stereocenters. The highest BCUT2D eigenvalue weighted by atomic mass is 16.7. The van der Waals surface area contributed by atoms with Crippen LogP contribution in [0.25, 0.3) is 0 Å². The summed E-state index contributed by atoms with van der Waals surface area (Å²) in [6.45, 7) is 3.69. The molecule has 1 aliphatic heterocycles. The van der Waals surface area contributed by atoms with Crippen LogP contribution in [0, 0.1) is 0 Å². The highest BCUT2D eigenvalue weighted by molar-refractivity contribution is 5.80. The highest BCUT2D eigenvalue weighted by Crippen LogP contribution is 2.22. The van der Waals surface area contributed by atoms with E-state index in [1.807, 2.05) is 0 Å². The fourth-order valence-corrected chi connectivity index (χ4v) is 5.44. The summed E-state index contributed by atoms with van der Waals surface area (Å²) in [7, 11) is 0. The van der Waals surface area contributed by atoms with Gasteiger partial charge in [-0.1, -0.05) is 110 Å². The van der Waals surface area contributed by atoms with Crippen molar-refractivity contribution in [1.82, 2.24) is 4.90 Å². The Morgan fingerprint density at radius 2 is 1.27 bits per heavy atom. The number of unbranched alkanes of at least 4 members (excludes halogenated alkanes) is 15. The molecule has 0 spiro atoms. The number of aliphatic hydroxyl groups is 6. The van der Waals surface area contributed by atoms with Crippen LogP contribution < -0.4 is 0 Å². The molecule has 1 saturated heterocycles. The van der Waals surface area contributed by atoms with Gasteiger partial charge in [0.2, 0.25) is 0 Å². The van der Waals surface area contributed by atoms with Gasteiger partial charge in [0.1, 0.15) is 30.5 Å². The lowest BCUT2D eigenvalue weighted by atomic mass is 9.99. The van der Waals surface area contributed by atoms with Crippen LogP contribution in [0.4, 0.5) is 0 Å². The third-order valence-electron chi connectivity index (χ3n) is 8.36. The van der Waals surface area contributed by atoms with E-state index in [9.17, 15) is 35.4 Å². The molecular formula is C33H65NO10. The third kappa shape index (κ3) is 17.7. The smallest absolute Gasteiger partial charge is 0.251 e. The van der Waals surface area contributed by atoms with Crippen LogP contribution in [0.2, 0.25) is 0 Å². The van der Waals surface area contributed by atoms with E-state index in [-0.39, 0.29) is 32.7 Å². The average Bonchev–Trinajstić information content (AvgIpc) is 3.02. The number of amides is 1. The van der Waals surface area contributed by atoms with E-state index in [2.05, 4.69) is 6.92 Å². The normalized spacial score (nSPS) is 23.5. The molecule has 3 unspecified atom stereocenters. The molecule has 1 rings (SSSR count). The molecule has 1 aliphatic rings. The molecule has 6 N–H and O–H groups in total. The minimum atomic E-state index is -1.57. The van der Waals surface area contributed by atoms with Gasteiger partial charge in [-0.3, -0.25) is 4.79 Å². The zero-order chi connectivity index (χ0) is 32.6. The first-order chi connectivity index (χ1) is 21.3. The molecular weight excluding hydrogens is 570 g/mol. The molecule has 1 fully saturated rings. The molecule has 0 aliphatic carbocycles. The second-order valence-electron chi connectivity index (χ2n) is 12.3. The van der Waals surface area contributed by atoms with Gasteiger partial charge < -0.3 is 49.7 Å². The molecule has 1 amide bonds. The van der Waals surface area contributed by atoms with Crippen LogP contribution in [-0.4, -0.2) is 124 Å². The predicted octanol–water partition coefficient (Wildman–Crippen LogP) is 3.04. The number of carbonyl (C=O) groups is 1. The lowest BCUT2D eigenvalue weighted by molar-refractivity contribution is -0.301. The monoisotopic (exact) mass is 635 g/mol. The maximum absolute atomic E-state index is 12.7. The SMILES string of the molecule is CCCCCCCCCCCCCCCCCCOCC(O)CN(CCOC1O[C@H](CO)[C@@H](O)[C@H](O)[C@H]1O)C(=O)C(O)CC. The predicted molar refractivity (Wildman–Crippen MR) is 169 cm³/mol. The minimum Gasteiger partial charge on any atom is -0.394 e. The summed E-state index contributed by atoms with van der Waals surface area (Å²) in [6.07, 6.45) is 11.7. The highest BCUT2D eigenvalue weighted by Gasteiger charge is 2.44. The maximum Gasteiger partial charge on any atom is 0.251 e. The van der Waals surface area contributed by atoms with E-state index in [1.165, 1.54) is 94.8 Å². The molecule has 0 aromatic heterocycles. The van der Waals surface area contributed by atoms with Gasteiger partial charge in [-0.15, -0.1) is 0 Å². The van der Waals surface area contributed by atoms with Crippen LogP contribution in [-0.2, 0) is 19.0 Å². The number of aliphatic hydroxyl groups excluding tert-OH is 6. The Bertz CT molecular complexity index is 685. The molecule has 262 valence electrons. The van der Waals surface area contributed by atoms with E-state index >= 15 is 0 Å². The van der Waals surface area contributed by atoms with Crippen molar-refractivity contribution in [2.45, 2.75) is 166 Å². The van der Waals surface area contributed by atoms with Crippen molar-refractivity contribution in [2.24, 2.45) is 0 Å². The molecule has 0 bridgehead atoms. The minimum absolute atomic E-state index is 0.0267. The Labute approximate surface area is 265 Å². The average molecular weight is 636 g/mol. The van der Waals surface area contributed by atoms with E-state index in [1.54, 1.807) is 6.92 Å². The molecule has 0 radical (unpaired) electrons. The van der Waals surface area contributed by atoms with Crippen LogP contribution in [0.3, 0.4) is 0 Å². The van der Waals surface area contributed by atoms with Crippen molar-refractivity contribution >= 4 is 5.91 Å². The number of ether oxygens (including phenoxy) is 3. The zero-order valence-corrected chi connectivity index (χ0v) is 27.6. The standard InChI is InChI=1S/C33H65NO10/c1-3-5-6-7-8-9-10-11-12-13-14-15-16-17-18-19-21-42-25-26(36)23-34(32(41)27(37)4-2)20-22-43-33-31(40)30(39)29(38)28(24-35)44-33/h26-31,33,35-40H,3-25H2,1-2H3/t26?,27?,28-,29-,30+,31-,33?/m1/s1. The summed E-state index contributed by atoms with van der Waals surface area (Å²) in [5, 5.41) is 59.8. The lowest BCUT2D eigenvalue weighted by Crippen LogP contribution is -2.59. The molecule has 11 heteroatoms. The lowest BCUT2D eigenvalue weighted by Gasteiger charge is -2.39. The molecule has 1 heterocycles. The number of hydrogen-bond acceptors (Lipinski definition) is 10. The van der Waals surface area contributed by atoms with Crippen molar-refractivity contribution < 1.29 is 49.6 Å². The van der Waals surface area contributed by atoms with Crippen molar-refractivity contribution in [3.63, 3.8) is 0 Å². The van der Waals surface area contributed by atoms with Crippen molar-refractivity contribution in [3.05, 3.63) is 0 Å². The Kier molecular flexibility index (Phi) is 24.5. The summed E-state index contributed by atoms with van der Waals surface area (Å²) >= 11 is 0. The molecule has 44 heavy (non-hydrogen) atoms. The Balaban J connectivity index is 2.17. The number of carbonyl (C=O) groups excluding carboxylic acids is 1. The topological polar surface area (TPSA) is 169 Å². The number of rotatable bonds is 28. The second-order valence-corrected chi connectivity index (χ2v) is 12.3. The van der Waals surface area contributed by atoms with Crippen molar-refractivity contribution in [2.75, 3.05) is 39.5 Å². The summed E-state index contributed by atoms with van der Waals surface area (Å²) in [5.74, 6) is -0.568. The molecule has 0 saturated carbocycles. The van der Waals surface area contributed by atoms with E-state index in [0.29, 0.717) is 6.61 Å². The Morgan fingerprint density at radius 1 is 0.750 bits per heavy atom. The molecule has 0 aromatic rings. The van der Waals surface area contributed by atoms with E-state index in [0.717, 1.165) is 12.8 Å². The largest absolute Gasteiger partial charge is 0.394 e. The Hall–Kier alpha value is -0.890. The zero-order valence-electron chi connectivity index (χ0n) is 27.6. The quantitative estimate of drug-likeness (QED) is 0.0703. The summed E-state index contributed by atoms with van der Waals surface area (Å²) in [4.78, 5) is 13.9. The van der Waals surface area contributed by atoms with Gasteiger partial charge in [-0.25, -0.2) is 0 Å². The van der Waals surface area contributed by atoms with Crippen molar-refractivity contribution in [3.8, 4) is 0 Å². The molecule has 0 aromatic carbocycles. The van der Waals surface area contributed by atoms with Gasteiger partial charge >= 0.3 is 0 Å². The maximum atomic E-state index is 12.7.